The van der Waals surface area contributed by atoms with Crippen molar-refractivity contribution in [2.24, 2.45) is 0 Å². The fourth-order valence-electron chi connectivity index (χ4n) is 0.957. The summed E-state index contributed by atoms with van der Waals surface area (Å²) < 4.78 is 56.7. The summed E-state index contributed by atoms with van der Waals surface area (Å²) in [5.41, 5.74) is -5.28. The molecule has 0 bridgehead atoms. The van der Waals surface area contributed by atoms with Gasteiger partial charge in [-0.05, 0) is 12.1 Å². The molecule has 0 aliphatic carbocycles. The molecule has 0 atom stereocenters. The van der Waals surface area contributed by atoms with E-state index in [0.717, 1.165) is 24.3 Å². The number of halogens is 6. The molecule has 9 heteroatoms. The van der Waals surface area contributed by atoms with Crippen LogP contribution in [0.5, 0.6) is 0 Å². The minimum Gasteiger partial charge on any atom is -0.214 e. The van der Waals surface area contributed by atoms with Crippen LogP contribution in [0.4, 0.5) is 13.2 Å². The molecule has 0 unspecified atom stereocenters. The molecular formula is C8H4Cl3F3O2S. The summed E-state index contributed by atoms with van der Waals surface area (Å²) in [5, 5.41) is 0. The summed E-state index contributed by atoms with van der Waals surface area (Å²) in [5.74, 6) is 0. The maximum absolute atomic E-state index is 12.2. The molecule has 0 saturated carbocycles. The summed E-state index contributed by atoms with van der Waals surface area (Å²) in [7, 11) is -5.37. The molecule has 0 N–H and O–H groups in total. The minimum atomic E-state index is -5.37. The number of sulfone groups is 1. The van der Waals surface area contributed by atoms with Crippen molar-refractivity contribution in [2.45, 2.75) is 14.2 Å². The average molecular weight is 328 g/mol. The molecule has 0 spiro atoms. The molecule has 0 aromatic heterocycles. The standard InChI is InChI=1S/C8H4Cl3F3O2S/c9-7(10,11)5-1-3-6(4-2-5)17(15,16)8(12,13)14/h1-4H. The Bertz CT molecular complexity index is 502. The molecule has 1 aromatic rings. The van der Waals surface area contributed by atoms with Crippen LogP contribution < -0.4 is 0 Å². The van der Waals surface area contributed by atoms with Crippen molar-refractivity contribution in [3.05, 3.63) is 29.8 Å². The SMILES string of the molecule is O=S(=O)(c1ccc(C(Cl)(Cl)Cl)cc1)C(F)(F)F. The molecule has 0 amide bonds. The van der Waals surface area contributed by atoms with Crippen molar-refractivity contribution in [1.82, 2.24) is 0 Å². The largest absolute Gasteiger partial charge is 0.501 e. The van der Waals surface area contributed by atoms with Crippen LogP contribution in [0.2, 0.25) is 0 Å². The number of alkyl halides is 6. The molecule has 1 rings (SSSR count). The van der Waals surface area contributed by atoms with Crippen LogP contribution >= 0.6 is 34.8 Å². The summed E-state index contributed by atoms with van der Waals surface area (Å²) in [4.78, 5) is -0.900. The van der Waals surface area contributed by atoms with Crippen LogP contribution in [-0.2, 0) is 13.6 Å². The average Bonchev–Trinajstić information content (AvgIpc) is 2.15. The van der Waals surface area contributed by atoms with Gasteiger partial charge in [-0.15, -0.1) is 0 Å². The zero-order valence-electron chi connectivity index (χ0n) is 7.80. The molecule has 0 fully saturated rings. The predicted molar refractivity (Wildman–Crippen MR) is 58.9 cm³/mol. The van der Waals surface area contributed by atoms with E-state index >= 15 is 0 Å². The van der Waals surface area contributed by atoms with Gasteiger partial charge in [0.05, 0.1) is 4.90 Å². The lowest BCUT2D eigenvalue weighted by Gasteiger charge is -2.12. The maximum atomic E-state index is 12.2. The summed E-state index contributed by atoms with van der Waals surface area (Å²) in [6, 6.07) is 3.48. The van der Waals surface area contributed by atoms with E-state index in [1.165, 1.54) is 0 Å². The Balaban J connectivity index is 3.22. The number of hydrogen-bond donors (Lipinski definition) is 0. The molecule has 0 aliphatic heterocycles. The van der Waals surface area contributed by atoms with Crippen LogP contribution in [0.25, 0.3) is 0 Å². The first-order chi connectivity index (χ1) is 7.46. The van der Waals surface area contributed by atoms with Crippen molar-refractivity contribution < 1.29 is 21.6 Å². The summed E-state index contributed by atoms with van der Waals surface area (Å²) >= 11 is 16.4. The van der Waals surface area contributed by atoms with Crippen molar-refractivity contribution >= 4 is 44.6 Å². The second-order valence-electron chi connectivity index (χ2n) is 2.97. The minimum absolute atomic E-state index is 0.0728. The molecule has 96 valence electrons. The van der Waals surface area contributed by atoms with Crippen molar-refractivity contribution in [1.29, 1.82) is 0 Å². The molecule has 0 saturated heterocycles. The van der Waals surface area contributed by atoms with E-state index in [1.54, 1.807) is 0 Å². The Morgan fingerprint density at radius 3 is 1.65 bits per heavy atom. The number of benzene rings is 1. The topological polar surface area (TPSA) is 34.1 Å². The third kappa shape index (κ3) is 3.19. The van der Waals surface area contributed by atoms with E-state index in [9.17, 15) is 21.6 Å². The first-order valence-electron chi connectivity index (χ1n) is 3.95. The number of rotatable bonds is 1. The lowest BCUT2D eigenvalue weighted by molar-refractivity contribution is -0.0436. The second-order valence-corrected chi connectivity index (χ2v) is 7.19. The van der Waals surface area contributed by atoms with Gasteiger partial charge in [0, 0.05) is 5.56 Å². The Kier molecular flexibility index (Phi) is 3.94. The lowest BCUT2D eigenvalue weighted by Crippen LogP contribution is -2.23. The van der Waals surface area contributed by atoms with E-state index in [0.29, 0.717) is 0 Å². The molecule has 17 heavy (non-hydrogen) atoms. The van der Waals surface area contributed by atoms with Gasteiger partial charge in [0.2, 0.25) is 3.79 Å². The summed E-state index contributed by atoms with van der Waals surface area (Å²) in [6.45, 7) is 0. The molecule has 1 aromatic carbocycles. The number of hydrogen-bond acceptors (Lipinski definition) is 2. The monoisotopic (exact) mass is 326 g/mol. The first-order valence-corrected chi connectivity index (χ1v) is 6.56. The highest BCUT2D eigenvalue weighted by molar-refractivity contribution is 7.92. The van der Waals surface area contributed by atoms with Crippen LogP contribution in [-0.4, -0.2) is 13.9 Å². The van der Waals surface area contributed by atoms with Gasteiger partial charge in [-0.2, -0.15) is 13.2 Å². The first kappa shape index (κ1) is 14.9. The highest BCUT2D eigenvalue weighted by Gasteiger charge is 2.46. The van der Waals surface area contributed by atoms with Crippen molar-refractivity contribution in [3.63, 3.8) is 0 Å². The highest BCUT2D eigenvalue weighted by atomic mass is 35.6. The van der Waals surface area contributed by atoms with E-state index in [-0.39, 0.29) is 5.56 Å². The zero-order valence-corrected chi connectivity index (χ0v) is 10.9. The smallest absolute Gasteiger partial charge is 0.214 e. The van der Waals surface area contributed by atoms with Crippen LogP contribution in [0.15, 0.2) is 29.2 Å². The third-order valence-corrected chi connectivity index (χ3v) is 3.95. The van der Waals surface area contributed by atoms with Crippen molar-refractivity contribution in [3.8, 4) is 0 Å². The fourth-order valence-corrected chi connectivity index (χ4v) is 2.10. The zero-order chi connectivity index (χ0) is 13.5. The van der Waals surface area contributed by atoms with Crippen molar-refractivity contribution in [2.75, 3.05) is 0 Å². The van der Waals surface area contributed by atoms with Gasteiger partial charge in [-0.3, -0.25) is 0 Å². The van der Waals surface area contributed by atoms with Gasteiger partial charge in [0.1, 0.15) is 0 Å². The Labute approximate surface area is 110 Å². The van der Waals surface area contributed by atoms with Gasteiger partial charge in [-0.25, -0.2) is 8.42 Å². The molecular weight excluding hydrogens is 324 g/mol. The third-order valence-electron chi connectivity index (χ3n) is 1.80. The van der Waals surface area contributed by atoms with E-state index < -0.39 is 24.0 Å². The molecule has 0 aliphatic rings. The predicted octanol–water partition coefficient (Wildman–Crippen LogP) is 3.81. The second kappa shape index (κ2) is 4.50. The normalized spacial score (nSPS) is 13.8. The lowest BCUT2D eigenvalue weighted by atomic mass is 10.2. The van der Waals surface area contributed by atoms with E-state index in [2.05, 4.69) is 0 Å². The Hall–Kier alpha value is -0.170. The molecule has 2 nitrogen and oxygen atoms in total. The van der Waals surface area contributed by atoms with Crippen LogP contribution in [0.3, 0.4) is 0 Å². The summed E-state index contributed by atoms with van der Waals surface area (Å²) in [6.07, 6.45) is 0. The van der Waals surface area contributed by atoms with E-state index in [4.69, 9.17) is 34.8 Å². The molecule has 0 heterocycles. The quantitative estimate of drug-likeness (QED) is 0.735. The maximum Gasteiger partial charge on any atom is 0.501 e. The van der Waals surface area contributed by atoms with E-state index in [1.807, 2.05) is 0 Å². The highest BCUT2D eigenvalue weighted by Crippen LogP contribution is 2.39. The van der Waals surface area contributed by atoms with Gasteiger partial charge < -0.3 is 0 Å². The molecule has 0 radical (unpaired) electrons. The van der Waals surface area contributed by atoms with Gasteiger partial charge in [0.15, 0.2) is 0 Å². The van der Waals surface area contributed by atoms with Crippen LogP contribution in [0.1, 0.15) is 5.56 Å². The Morgan fingerprint density at radius 2 is 1.35 bits per heavy atom. The van der Waals surface area contributed by atoms with Gasteiger partial charge >= 0.3 is 5.51 Å². The van der Waals surface area contributed by atoms with Gasteiger partial charge in [-0.1, -0.05) is 46.9 Å². The van der Waals surface area contributed by atoms with Crippen LogP contribution in [0, 0.1) is 0 Å². The fraction of sp³-hybridized carbons (Fsp3) is 0.250. The van der Waals surface area contributed by atoms with Gasteiger partial charge in [0.25, 0.3) is 9.84 Å². The Morgan fingerprint density at radius 1 is 0.941 bits per heavy atom.